The molecule has 3 amide bonds. The summed E-state index contributed by atoms with van der Waals surface area (Å²) >= 11 is 0. The number of hydrogen-bond donors (Lipinski definition) is 3. The number of pyridine rings is 1. The van der Waals surface area contributed by atoms with E-state index in [0.717, 1.165) is 24.0 Å². The molecule has 2 aromatic carbocycles. The number of ketones is 1. The van der Waals surface area contributed by atoms with E-state index in [9.17, 15) is 19.2 Å². The van der Waals surface area contributed by atoms with E-state index in [4.69, 9.17) is 10.5 Å². The molecule has 0 radical (unpaired) electrons. The number of aliphatic imine (C=N–C) groups is 1. The lowest BCUT2D eigenvalue weighted by Crippen LogP contribution is -2.34. The molecule has 4 N–H and O–H groups in total. The molecule has 0 aliphatic carbocycles. The number of nitrogens with zero attached hydrogens (tertiary/aromatic N) is 3. The first kappa shape index (κ1) is 36.2. The summed E-state index contributed by atoms with van der Waals surface area (Å²) in [6.45, 7) is 5.39. The first-order valence-corrected chi connectivity index (χ1v) is 15.4. The Balaban J connectivity index is 0.00000600. The molecule has 1 aliphatic rings. The molecule has 248 valence electrons. The number of ether oxygens (including phenoxy) is 1. The summed E-state index contributed by atoms with van der Waals surface area (Å²) in [6.07, 6.45) is 6.79. The summed E-state index contributed by atoms with van der Waals surface area (Å²) < 4.78 is 5.13. The zero-order valence-electron chi connectivity index (χ0n) is 26.3. The van der Waals surface area contributed by atoms with Crippen molar-refractivity contribution in [3.63, 3.8) is 0 Å². The lowest BCUT2D eigenvalue weighted by atomic mass is 10.0. The maximum Gasteiger partial charge on any atom is 0.407 e. The molecule has 0 fully saturated rings. The molecule has 3 aromatic rings. The van der Waals surface area contributed by atoms with Gasteiger partial charge in [0.2, 0.25) is 5.91 Å². The minimum absolute atomic E-state index is 0. The maximum atomic E-state index is 13.2. The number of hydrogen-bond acceptors (Lipinski definition) is 8. The van der Waals surface area contributed by atoms with Crippen molar-refractivity contribution in [2.24, 2.45) is 10.7 Å². The van der Waals surface area contributed by atoms with Gasteiger partial charge < -0.3 is 26.0 Å². The van der Waals surface area contributed by atoms with Gasteiger partial charge >= 0.3 is 6.09 Å². The molecular formula is C36H44N6O5. The molecule has 0 spiro atoms. The van der Waals surface area contributed by atoms with Crippen LogP contribution in [0.5, 0.6) is 0 Å². The van der Waals surface area contributed by atoms with Crippen LogP contribution in [0, 0.1) is 0 Å². The Morgan fingerprint density at radius 3 is 2.43 bits per heavy atom. The molecule has 0 unspecified atom stereocenters. The minimum atomic E-state index is -0.662. The minimum Gasteiger partial charge on any atom is -0.445 e. The second-order valence-corrected chi connectivity index (χ2v) is 11.0. The molecule has 4 rings (SSSR count). The fourth-order valence-electron chi connectivity index (χ4n) is 4.94. The lowest BCUT2D eigenvalue weighted by Gasteiger charge is -2.22. The van der Waals surface area contributed by atoms with Crippen LogP contribution in [0.15, 0.2) is 77.6 Å². The van der Waals surface area contributed by atoms with Gasteiger partial charge in [0.25, 0.3) is 5.91 Å². The Bertz CT molecular complexity index is 1610. The average Bonchev–Trinajstić information content (AvgIpc) is 3.23. The molecule has 0 saturated carbocycles. The van der Waals surface area contributed by atoms with Crippen molar-refractivity contribution in [1.29, 1.82) is 0 Å². The van der Waals surface area contributed by atoms with E-state index in [1.54, 1.807) is 36.5 Å². The van der Waals surface area contributed by atoms with Gasteiger partial charge in [0.15, 0.2) is 5.78 Å². The quantitative estimate of drug-likeness (QED) is 0.200. The molecule has 11 heteroatoms. The predicted molar refractivity (Wildman–Crippen MR) is 184 cm³/mol. The van der Waals surface area contributed by atoms with Crippen molar-refractivity contribution < 1.29 is 23.9 Å². The lowest BCUT2D eigenvalue weighted by molar-refractivity contribution is -0.127. The van der Waals surface area contributed by atoms with Crippen molar-refractivity contribution in [3.8, 4) is 0 Å². The summed E-state index contributed by atoms with van der Waals surface area (Å²) in [5, 5.41) is 5.31. The Labute approximate surface area is 276 Å². The highest BCUT2D eigenvalue weighted by atomic mass is 16.5. The Morgan fingerprint density at radius 1 is 0.957 bits per heavy atom. The maximum absolute atomic E-state index is 13.2. The highest BCUT2D eigenvalue weighted by Crippen LogP contribution is 2.29. The predicted octanol–water partition coefficient (Wildman–Crippen LogP) is 5.82. The van der Waals surface area contributed by atoms with E-state index in [2.05, 4.69) is 20.6 Å². The van der Waals surface area contributed by atoms with E-state index in [1.165, 1.54) is 6.20 Å². The number of nitrogens with one attached hydrogen (secondary N) is 2. The fourth-order valence-corrected chi connectivity index (χ4v) is 4.94. The van der Waals surface area contributed by atoms with E-state index < -0.39 is 6.09 Å². The number of Topliss-reactive ketones (excluding diaryl/α,β-unsaturated/α-hetero) is 1. The number of aromatic nitrogens is 1. The zero-order chi connectivity index (χ0) is 32.9. The number of carbonyl (C=O) groups is 4. The third kappa shape index (κ3) is 10.9. The SMILES string of the molecule is C.CCCN(CCC)C(=O)C1=Cc2ccc(C(=O)Nc3cncc(CCC(=O)CNC(=O)OCc4ccccc4)c3)cc2N=C(N)C1. The number of anilines is 1. The van der Waals surface area contributed by atoms with Crippen LogP contribution in [0.4, 0.5) is 16.2 Å². The van der Waals surface area contributed by atoms with Crippen molar-refractivity contribution in [3.05, 3.63) is 94.8 Å². The van der Waals surface area contributed by atoms with Gasteiger partial charge in [0, 0.05) is 48.8 Å². The highest BCUT2D eigenvalue weighted by Gasteiger charge is 2.21. The summed E-state index contributed by atoms with van der Waals surface area (Å²) in [5.74, 6) is -0.289. The van der Waals surface area contributed by atoms with E-state index in [0.29, 0.717) is 53.4 Å². The highest BCUT2D eigenvalue weighted by molar-refractivity contribution is 6.08. The van der Waals surface area contributed by atoms with Crippen LogP contribution in [-0.4, -0.2) is 59.0 Å². The molecule has 11 nitrogen and oxygen atoms in total. The van der Waals surface area contributed by atoms with Crippen molar-refractivity contribution >= 4 is 47.0 Å². The normalized spacial score (nSPS) is 11.9. The van der Waals surface area contributed by atoms with Gasteiger partial charge in [0.1, 0.15) is 12.4 Å². The van der Waals surface area contributed by atoms with Gasteiger partial charge in [-0.2, -0.15) is 0 Å². The van der Waals surface area contributed by atoms with Gasteiger partial charge in [-0.05, 0) is 54.7 Å². The number of rotatable bonds is 14. The average molecular weight is 641 g/mol. The summed E-state index contributed by atoms with van der Waals surface area (Å²) in [6, 6.07) is 16.1. The summed E-state index contributed by atoms with van der Waals surface area (Å²) in [4.78, 5) is 61.2. The second-order valence-electron chi connectivity index (χ2n) is 11.0. The smallest absolute Gasteiger partial charge is 0.407 e. The van der Waals surface area contributed by atoms with Crippen molar-refractivity contribution in [2.45, 2.75) is 60.0 Å². The third-order valence-electron chi connectivity index (χ3n) is 7.19. The van der Waals surface area contributed by atoms with Crippen LogP contribution in [-0.2, 0) is 27.4 Å². The second kappa shape index (κ2) is 18.0. The Hall–Kier alpha value is -5.32. The molecular weight excluding hydrogens is 596 g/mol. The van der Waals surface area contributed by atoms with Crippen LogP contribution in [0.1, 0.15) is 74.0 Å². The number of aryl methyl sites for hydroxylation is 1. The zero-order valence-corrected chi connectivity index (χ0v) is 26.3. The van der Waals surface area contributed by atoms with Crippen LogP contribution < -0.4 is 16.4 Å². The van der Waals surface area contributed by atoms with Crippen LogP contribution in [0.3, 0.4) is 0 Å². The number of amides is 3. The van der Waals surface area contributed by atoms with Crippen LogP contribution in [0.25, 0.3) is 6.08 Å². The van der Waals surface area contributed by atoms with Crippen molar-refractivity contribution in [1.82, 2.24) is 15.2 Å². The van der Waals surface area contributed by atoms with Gasteiger partial charge in [0.05, 0.1) is 24.1 Å². The van der Waals surface area contributed by atoms with E-state index in [-0.39, 0.29) is 51.0 Å². The van der Waals surface area contributed by atoms with Crippen LogP contribution in [0.2, 0.25) is 0 Å². The third-order valence-corrected chi connectivity index (χ3v) is 7.19. The first-order valence-electron chi connectivity index (χ1n) is 15.4. The van der Waals surface area contributed by atoms with Crippen LogP contribution >= 0.6 is 0 Å². The number of carbonyl (C=O) groups excluding carboxylic acids is 4. The number of alkyl carbamates (subject to hydrolysis) is 1. The topological polar surface area (TPSA) is 156 Å². The monoisotopic (exact) mass is 640 g/mol. The Kier molecular flexibility index (Phi) is 13.8. The van der Waals surface area contributed by atoms with Gasteiger partial charge in [-0.25, -0.2) is 9.79 Å². The number of nitrogens with two attached hydrogens (primary N) is 1. The molecule has 47 heavy (non-hydrogen) atoms. The molecule has 0 saturated heterocycles. The number of benzene rings is 2. The molecule has 1 aromatic heterocycles. The van der Waals surface area contributed by atoms with Gasteiger partial charge in [-0.1, -0.05) is 57.7 Å². The number of amidine groups is 1. The number of fused-ring (bicyclic) bond motifs is 1. The standard InChI is InChI=1S/C35H40N6O5.CH4/c1-3-14-41(15-4-2)34(44)28-17-26-11-12-27(18-31(26)40-32(36)19-28)33(43)39-29-16-25(20-37-21-29)10-13-30(42)22-38-35(45)46-23-24-8-6-5-7-9-24;/h5-9,11-12,16-18,20-21H,3-4,10,13-15,19,22-23H2,1-2H3,(H2,36,40)(H,38,45)(H,39,43);1H4. The molecule has 2 heterocycles. The first-order chi connectivity index (χ1) is 22.2. The summed E-state index contributed by atoms with van der Waals surface area (Å²) in [5.41, 5.74) is 10.4. The molecule has 0 bridgehead atoms. The van der Waals surface area contributed by atoms with E-state index in [1.807, 2.05) is 49.1 Å². The van der Waals surface area contributed by atoms with E-state index >= 15 is 0 Å². The largest absolute Gasteiger partial charge is 0.445 e. The molecule has 0 atom stereocenters. The van der Waals surface area contributed by atoms with Gasteiger partial charge in [-0.15, -0.1) is 0 Å². The van der Waals surface area contributed by atoms with Crippen molar-refractivity contribution in [2.75, 3.05) is 25.0 Å². The summed E-state index contributed by atoms with van der Waals surface area (Å²) in [7, 11) is 0. The Morgan fingerprint density at radius 2 is 1.70 bits per heavy atom. The fraction of sp³-hybridized carbons (Fsp3) is 0.333. The molecule has 1 aliphatic heterocycles. The van der Waals surface area contributed by atoms with Gasteiger partial charge in [-0.3, -0.25) is 19.4 Å².